The van der Waals surface area contributed by atoms with Crippen molar-refractivity contribution in [1.29, 1.82) is 0 Å². The molecule has 1 amide bonds. The third-order valence-corrected chi connectivity index (χ3v) is 7.85. The number of methoxy groups -OCH3 is 3. The number of carbonyl (C=O) groups is 1. The number of anilines is 1. The quantitative estimate of drug-likeness (QED) is 0.277. The zero-order chi connectivity index (χ0) is 28.4. The molecule has 0 saturated carbocycles. The largest absolute Gasteiger partial charge is 0.495 e. The number of rotatable bonds is 14. The van der Waals surface area contributed by atoms with Crippen molar-refractivity contribution in [1.82, 2.24) is 5.32 Å². The van der Waals surface area contributed by atoms with Gasteiger partial charge in [0.15, 0.2) is 11.5 Å². The van der Waals surface area contributed by atoms with Gasteiger partial charge in [-0.05, 0) is 61.7 Å². The SMILES string of the molecule is CCOc1ccccc1CCCNC(=O)CN(c1cc(Cl)ccc1OC)S(=O)(=O)c1ccc(OC)c(OC)c1. The van der Waals surface area contributed by atoms with Gasteiger partial charge in [0.05, 0.1) is 38.5 Å². The molecule has 0 spiro atoms. The fourth-order valence-corrected chi connectivity index (χ4v) is 5.57. The maximum Gasteiger partial charge on any atom is 0.265 e. The third-order valence-electron chi connectivity index (χ3n) is 5.86. The second-order valence-corrected chi connectivity index (χ2v) is 10.6. The average molecular weight is 577 g/mol. The highest BCUT2D eigenvalue weighted by Gasteiger charge is 2.30. The number of para-hydroxylation sites is 1. The minimum atomic E-state index is -4.26. The number of benzene rings is 3. The van der Waals surface area contributed by atoms with Gasteiger partial charge in [0, 0.05) is 17.6 Å². The van der Waals surface area contributed by atoms with Crippen LogP contribution in [-0.2, 0) is 21.2 Å². The molecule has 3 aromatic carbocycles. The standard InChI is InChI=1S/C28H33ClN2O7S/c1-5-38-24-11-7-6-9-20(24)10-8-16-30-28(32)19-31(23-17-21(29)12-14-25(23)35-2)39(33,34)22-13-15-26(36-3)27(18-22)37-4/h6-7,9,11-15,17-18H,5,8,10,16,19H2,1-4H3,(H,30,32). The average Bonchev–Trinajstić information content (AvgIpc) is 2.94. The van der Waals surface area contributed by atoms with Crippen LogP contribution in [-0.4, -0.2) is 55.4 Å². The van der Waals surface area contributed by atoms with E-state index in [9.17, 15) is 13.2 Å². The number of amides is 1. The second-order valence-electron chi connectivity index (χ2n) is 8.34. The first-order valence-corrected chi connectivity index (χ1v) is 14.1. The Morgan fingerprint density at radius 3 is 2.28 bits per heavy atom. The molecule has 0 aromatic heterocycles. The highest BCUT2D eigenvalue weighted by molar-refractivity contribution is 7.92. The Morgan fingerprint density at radius 2 is 1.59 bits per heavy atom. The monoisotopic (exact) mass is 576 g/mol. The molecule has 0 aliphatic carbocycles. The predicted molar refractivity (Wildman–Crippen MR) is 151 cm³/mol. The van der Waals surface area contributed by atoms with Crippen molar-refractivity contribution in [3.8, 4) is 23.0 Å². The molecule has 0 atom stereocenters. The van der Waals surface area contributed by atoms with E-state index in [1.54, 1.807) is 12.1 Å². The van der Waals surface area contributed by atoms with Crippen LogP contribution in [0, 0.1) is 0 Å². The number of sulfonamides is 1. The van der Waals surface area contributed by atoms with Gasteiger partial charge in [-0.15, -0.1) is 0 Å². The van der Waals surface area contributed by atoms with Crippen molar-refractivity contribution in [2.75, 3.05) is 45.3 Å². The number of nitrogens with one attached hydrogen (secondary N) is 1. The van der Waals surface area contributed by atoms with Gasteiger partial charge in [-0.1, -0.05) is 29.8 Å². The summed E-state index contributed by atoms with van der Waals surface area (Å²) in [7, 11) is 0.0132. The summed E-state index contributed by atoms with van der Waals surface area (Å²) in [5.74, 6) is 1.16. The number of ether oxygens (including phenoxy) is 4. The van der Waals surface area contributed by atoms with Gasteiger partial charge in [0.1, 0.15) is 18.0 Å². The summed E-state index contributed by atoms with van der Waals surface area (Å²) in [4.78, 5) is 12.9. The summed E-state index contributed by atoms with van der Waals surface area (Å²) >= 11 is 6.21. The van der Waals surface area contributed by atoms with Crippen molar-refractivity contribution >= 4 is 33.2 Å². The van der Waals surface area contributed by atoms with Crippen molar-refractivity contribution in [3.63, 3.8) is 0 Å². The van der Waals surface area contributed by atoms with E-state index in [1.165, 1.54) is 45.6 Å². The Hall–Kier alpha value is -3.63. The van der Waals surface area contributed by atoms with Crippen molar-refractivity contribution < 1.29 is 32.2 Å². The first-order chi connectivity index (χ1) is 18.7. The van der Waals surface area contributed by atoms with E-state index in [-0.39, 0.29) is 27.1 Å². The number of nitrogens with zero attached hydrogens (tertiary/aromatic N) is 1. The first kappa shape index (κ1) is 29.9. The Kier molecular flexibility index (Phi) is 10.7. The van der Waals surface area contributed by atoms with Crippen LogP contribution in [0.4, 0.5) is 5.69 Å². The smallest absolute Gasteiger partial charge is 0.265 e. The normalized spacial score (nSPS) is 11.0. The minimum absolute atomic E-state index is 0.0949. The molecule has 0 bridgehead atoms. The molecule has 0 aliphatic rings. The highest BCUT2D eigenvalue weighted by atomic mass is 35.5. The van der Waals surface area contributed by atoms with Gasteiger partial charge in [-0.25, -0.2) is 8.42 Å². The zero-order valence-electron chi connectivity index (χ0n) is 22.4. The lowest BCUT2D eigenvalue weighted by Crippen LogP contribution is -2.41. The molecule has 9 nitrogen and oxygen atoms in total. The Balaban J connectivity index is 1.83. The van der Waals surface area contributed by atoms with E-state index in [0.29, 0.717) is 31.7 Å². The Bertz CT molecular complexity index is 1380. The van der Waals surface area contributed by atoms with Gasteiger partial charge < -0.3 is 24.3 Å². The fourth-order valence-electron chi connectivity index (χ4n) is 3.96. The highest BCUT2D eigenvalue weighted by Crippen LogP contribution is 2.37. The van der Waals surface area contributed by atoms with Gasteiger partial charge in [-0.3, -0.25) is 9.10 Å². The van der Waals surface area contributed by atoms with Gasteiger partial charge in [0.2, 0.25) is 5.91 Å². The summed E-state index contributed by atoms with van der Waals surface area (Å²) in [6.45, 7) is 2.33. The van der Waals surface area contributed by atoms with E-state index in [2.05, 4.69) is 5.32 Å². The van der Waals surface area contributed by atoms with Crippen LogP contribution in [0.3, 0.4) is 0 Å². The Labute approximate surface area is 234 Å². The van der Waals surface area contributed by atoms with E-state index < -0.39 is 22.5 Å². The molecule has 0 saturated heterocycles. The summed E-state index contributed by atoms with van der Waals surface area (Å²) in [5, 5.41) is 3.10. The molecule has 0 unspecified atom stereocenters. The van der Waals surface area contributed by atoms with Crippen molar-refractivity contribution in [3.05, 3.63) is 71.2 Å². The van der Waals surface area contributed by atoms with Gasteiger partial charge >= 0.3 is 0 Å². The number of hydrogen-bond donors (Lipinski definition) is 1. The van der Waals surface area contributed by atoms with Crippen LogP contribution in [0.15, 0.2) is 65.6 Å². The number of carbonyl (C=O) groups excluding carboxylic acids is 1. The van der Waals surface area contributed by atoms with E-state index in [0.717, 1.165) is 15.6 Å². The van der Waals surface area contributed by atoms with Crippen LogP contribution in [0.2, 0.25) is 5.02 Å². The van der Waals surface area contributed by atoms with Crippen molar-refractivity contribution in [2.24, 2.45) is 0 Å². The third kappa shape index (κ3) is 7.48. The Morgan fingerprint density at radius 1 is 0.897 bits per heavy atom. The lowest BCUT2D eigenvalue weighted by molar-refractivity contribution is -0.119. The summed E-state index contributed by atoms with van der Waals surface area (Å²) < 4.78 is 50.3. The molecular formula is C28H33ClN2O7S. The lowest BCUT2D eigenvalue weighted by Gasteiger charge is -2.26. The number of hydrogen-bond acceptors (Lipinski definition) is 7. The molecule has 1 N–H and O–H groups in total. The summed E-state index contributed by atoms with van der Waals surface area (Å²) in [5.41, 5.74) is 1.16. The molecule has 3 rings (SSSR count). The summed E-state index contributed by atoms with van der Waals surface area (Å²) in [6, 6.07) is 16.5. The topological polar surface area (TPSA) is 103 Å². The molecular weight excluding hydrogens is 544 g/mol. The predicted octanol–water partition coefficient (Wildman–Crippen LogP) is 4.71. The second kappa shape index (κ2) is 14.0. The van der Waals surface area contributed by atoms with Crippen molar-refractivity contribution in [2.45, 2.75) is 24.7 Å². The molecule has 0 fully saturated rings. The van der Waals surface area contributed by atoms with Crippen LogP contribution in [0.5, 0.6) is 23.0 Å². The van der Waals surface area contributed by atoms with E-state index in [4.69, 9.17) is 30.5 Å². The summed E-state index contributed by atoms with van der Waals surface area (Å²) in [6.07, 6.45) is 1.32. The fraction of sp³-hybridized carbons (Fsp3) is 0.321. The van der Waals surface area contributed by atoms with Crippen LogP contribution >= 0.6 is 11.6 Å². The maximum atomic E-state index is 13.9. The zero-order valence-corrected chi connectivity index (χ0v) is 24.0. The molecule has 0 heterocycles. The van der Waals surface area contributed by atoms with Gasteiger partial charge in [-0.2, -0.15) is 0 Å². The molecule has 210 valence electrons. The maximum absolute atomic E-state index is 13.9. The lowest BCUT2D eigenvalue weighted by atomic mass is 10.1. The molecule has 3 aromatic rings. The van der Waals surface area contributed by atoms with E-state index >= 15 is 0 Å². The molecule has 0 aliphatic heterocycles. The van der Waals surface area contributed by atoms with Gasteiger partial charge in [0.25, 0.3) is 10.0 Å². The molecule has 0 radical (unpaired) electrons. The first-order valence-electron chi connectivity index (χ1n) is 12.3. The number of halogens is 1. The molecule has 39 heavy (non-hydrogen) atoms. The van der Waals surface area contributed by atoms with Crippen LogP contribution in [0.25, 0.3) is 0 Å². The van der Waals surface area contributed by atoms with E-state index in [1.807, 2.05) is 31.2 Å². The van der Waals surface area contributed by atoms with Crippen LogP contribution in [0.1, 0.15) is 18.9 Å². The van der Waals surface area contributed by atoms with Crippen LogP contribution < -0.4 is 28.6 Å². The number of aryl methyl sites for hydroxylation is 1. The minimum Gasteiger partial charge on any atom is -0.495 e. The molecule has 11 heteroatoms.